The summed E-state index contributed by atoms with van der Waals surface area (Å²) in [4.78, 5) is 9.56. The molecule has 4 rings (SSSR count). The fraction of sp³-hybridized carbons (Fsp3) is 0.545. The molecule has 1 fully saturated rings. The van der Waals surface area contributed by atoms with E-state index in [9.17, 15) is 8.42 Å². The summed E-state index contributed by atoms with van der Waals surface area (Å²) in [6.07, 6.45) is 3.38. The highest BCUT2D eigenvalue weighted by atomic mass is 32.2. The summed E-state index contributed by atoms with van der Waals surface area (Å²) >= 11 is 0. The number of sulfonamides is 1. The third kappa shape index (κ3) is 4.83. The minimum absolute atomic E-state index is 0.0790. The fourth-order valence-electron chi connectivity index (χ4n) is 3.97. The first-order valence-electron chi connectivity index (χ1n) is 10.8. The van der Waals surface area contributed by atoms with Gasteiger partial charge in [-0.2, -0.15) is 9.29 Å². The Balaban J connectivity index is 1.46. The highest BCUT2D eigenvalue weighted by molar-refractivity contribution is 7.89. The van der Waals surface area contributed by atoms with Crippen molar-refractivity contribution in [3.05, 3.63) is 41.3 Å². The average molecular weight is 448 g/mol. The van der Waals surface area contributed by atoms with E-state index in [4.69, 9.17) is 14.2 Å². The largest absolute Gasteiger partial charge is 0.497 e. The van der Waals surface area contributed by atoms with Gasteiger partial charge in [0.2, 0.25) is 15.9 Å². The zero-order valence-corrected chi connectivity index (χ0v) is 18.9. The molecule has 2 aliphatic heterocycles. The van der Waals surface area contributed by atoms with E-state index in [0.29, 0.717) is 50.8 Å². The van der Waals surface area contributed by atoms with Gasteiger partial charge in [0.25, 0.3) is 0 Å². The Bertz CT molecular complexity index is 1020. The van der Waals surface area contributed by atoms with Gasteiger partial charge in [-0.25, -0.2) is 13.4 Å². The molecule has 0 saturated carbocycles. The van der Waals surface area contributed by atoms with Gasteiger partial charge in [0, 0.05) is 44.0 Å². The van der Waals surface area contributed by atoms with Crippen molar-refractivity contribution in [3.63, 3.8) is 0 Å². The van der Waals surface area contributed by atoms with Gasteiger partial charge in [-0.15, -0.1) is 0 Å². The van der Waals surface area contributed by atoms with Crippen molar-refractivity contribution in [2.24, 2.45) is 0 Å². The number of aromatic nitrogens is 2. The third-order valence-electron chi connectivity index (χ3n) is 5.76. The monoisotopic (exact) mass is 447 g/mol. The van der Waals surface area contributed by atoms with Crippen LogP contribution in [-0.4, -0.2) is 62.2 Å². The summed E-state index contributed by atoms with van der Waals surface area (Å²) in [6.45, 7) is 4.13. The first kappa shape index (κ1) is 22.0. The number of rotatable bonds is 6. The highest BCUT2D eigenvalue weighted by Crippen LogP contribution is 2.28. The summed E-state index contributed by atoms with van der Waals surface area (Å²) in [5, 5.41) is 0. The predicted octanol–water partition coefficient (Wildman–Crippen LogP) is 2.39. The lowest BCUT2D eigenvalue weighted by Crippen LogP contribution is -2.41. The van der Waals surface area contributed by atoms with Crippen molar-refractivity contribution in [1.82, 2.24) is 14.3 Å². The van der Waals surface area contributed by atoms with Gasteiger partial charge in [-0.05, 0) is 25.0 Å². The molecule has 0 atom stereocenters. The summed E-state index contributed by atoms with van der Waals surface area (Å²) in [6, 6.07) is 6.59. The standard InChI is InChI=1S/C22H29N3O5S/c1-3-21-23-20-10-14-29-13-9-19(20)22(24-21)30-16-7-11-25(12-8-16)31(26,27)18-6-4-5-17(15-18)28-2/h4-6,15-16H,3,7-14H2,1-2H3. The third-order valence-corrected chi connectivity index (χ3v) is 7.65. The van der Waals surface area contributed by atoms with E-state index in [-0.39, 0.29) is 11.0 Å². The van der Waals surface area contributed by atoms with E-state index < -0.39 is 10.0 Å². The minimum Gasteiger partial charge on any atom is -0.497 e. The lowest BCUT2D eigenvalue weighted by atomic mass is 10.1. The van der Waals surface area contributed by atoms with E-state index in [1.54, 1.807) is 24.3 Å². The molecule has 0 spiro atoms. The van der Waals surface area contributed by atoms with Crippen molar-refractivity contribution in [2.45, 2.75) is 50.0 Å². The topological polar surface area (TPSA) is 90.9 Å². The van der Waals surface area contributed by atoms with Crippen LogP contribution in [0.15, 0.2) is 29.2 Å². The number of ether oxygens (including phenoxy) is 3. The molecule has 9 heteroatoms. The van der Waals surface area contributed by atoms with Crippen LogP contribution in [0.25, 0.3) is 0 Å². The number of piperidine rings is 1. The van der Waals surface area contributed by atoms with Gasteiger partial charge >= 0.3 is 0 Å². The molecule has 1 aromatic carbocycles. The smallest absolute Gasteiger partial charge is 0.243 e. The maximum atomic E-state index is 13.0. The van der Waals surface area contributed by atoms with Gasteiger partial charge in [0.05, 0.1) is 30.9 Å². The van der Waals surface area contributed by atoms with Crippen LogP contribution in [0.5, 0.6) is 11.6 Å². The predicted molar refractivity (Wildman–Crippen MR) is 115 cm³/mol. The van der Waals surface area contributed by atoms with Gasteiger partial charge in [-0.1, -0.05) is 13.0 Å². The summed E-state index contributed by atoms with van der Waals surface area (Å²) < 4.78 is 44.7. The van der Waals surface area contributed by atoms with Crippen molar-refractivity contribution in [3.8, 4) is 11.6 Å². The van der Waals surface area contributed by atoms with E-state index in [2.05, 4.69) is 9.97 Å². The molecule has 1 saturated heterocycles. The van der Waals surface area contributed by atoms with Crippen molar-refractivity contribution >= 4 is 10.0 Å². The van der Waals surface area contributed by atoms with E-state index >= 15 is 0 Å². The SMILES string of the molecule is CCc1nc2c(c(OC3CCN(S(=O)(=O)c4cccc(OC)c4)CC3)n1)CCOCC2. The first-order valence-corrected chi connectivity index (χ1v) is 12.2. The van der Waals surface area contributed by atoms with Gasteiger partial charge in [0.1, 0.15) is 17.7 Å². The molecule has 168 valence electrons. The second-order valence-corrected chi connectivity index (χ2v) is 9.67. The number of hydrogen-bond acceptors (Lipinski definition) is 7. The number of fused-ring (bicyclic) bond motifs is 1. The number of benzene rings is 1. The maximum absolute atomic E-state index is 13.0. The zero-order chi connectivity index (χ0) is 21.8. The molecule has 0 bridgehead atoms. The van der Waals surface area contributed by atoms with E-state index in [1.807, 2.05) is 6.92 Å². The van der Waals surface area contributed by atoms with Crippen LogP contribution in [0.4, 0.5) is 0 Å². The zero-order valence-electron chi connectivity index (χ0n) is 18.0. The first-order chi connectivity index (χ1) is 15.0. The summed E-state index contributed by atoms with van der Waals surface area (Å²) in [7, 11) is -2.04. The number of aryl methyl sites for hydroxylation is 1. The molecular formula is C22H29N3O5S. The molecular weight excluding hydrogens is 418 g/mol. The van der Waals surface area contributed by atoms with Crippen molar-refractivity contribution in [1.29, 1.82) is 0 Å². The Morgan fingerprint density at radius 1 is 1.16 bits per heavy atom. The summed E-state index contributed by atoms with van der Waals surface area (Å²) in [5.41, 5.74) is 2.04. The van der Waals surface area contributed by atoms with E-state index in [1.165, 1.54) is 11.4 Å². The molecule has 1 aromatic heterocycles. The lowest BCUT2D eigenvalue weighted by Gasteiger charge is -2.31. The van der Waals surface area contributed by atoms with Crippen LogP contribution < -0.4 is 9.47 Å². The van der Waals surface area contributed by atoms with Gasteiger partial charge in [0.15, 0.2) is 0 Å². The Hall–Kier alpha value is -2.23. The van der Waals surface area contributed by atoms with Crippen LogP contribution >= 0.6 is 0 Å². The maximum Gasteiger partial charge on any atom is 0.243 e. The molecule has 0 aliphatic carbocycles. The normalized spacial score (nSPS) is 18.3. The molecule has 0 amide bonds. The molecule has 8 nitrogen and oxygen atoms in total. The molecule has 0 N–H and O–H groups in total. The van der Waals surface area contributed by atoms with Crippen molar-refractivity contribution in [2.75, 3.05) is 33.4 Å². The van der Waals surface area contributed by atoms with Crippen LogP contribution in [0.3, 0.4) is 0 Å². The molecule has 2 aromatic rings. The summed E-state index contributed by atoms with van der Waals surface area (Å²) in [5.74, 6) is 1.94. The Labute approximate surface area is 183 Å². The fourth-order valence-corrected chi connectivity index (χ4v) is 5.48. The Morgan fingerprint density at radius 3 is 2.68 bits per heavy atom. The van der Waals surface area contributed by atoms with Gasteiger partial charge in [-0.3, -0.25) is 0 Å². The minimum atomic E-state index is -3.57. The average Bonchev–Trinajstić information content (AvgIpc) is 3.05. The van der Waals surface area contributed by atoms with E-state index in [0.717, 1.165) is 36.3 Å². The second-order valence-electron chi connectivity index (χ2n) is 7.74. The van der Waals surface area contributed by atoms with Crippen LogP contribution in [0.1, 0.15) is 36.8 Å². The van der Waals surface area contributed by atoms with Gasteiger partial charge < -0.3 is 14.2 Å². The lowest BCUT2D eigenvalue weighted by molar-refractivity contribution is 0.126. The molecule has 31 heavy (non-hydrogen) atoms. The molecule has 2 aliphatic rings. The number of hydrogen-bond donors (Lipinski definition) is 0. The Morgan fingerprint density at radius 2 is 1.94 bits per heavy atom. The number of nitrogens with zero attached hydrogens (tertiary/aromatic N) is 3. The quantitative estimate of drug-likeness (QED) is 0.671. The molecule has 0 unspecified atom stereocenters. The number of methoxy groups -OCH3 is 1. The van der Waals surface area contributed by atoms with Crippen LogP contribution in [0.2, 0.25) is 0 Å². The molecule has 3 heterocycles. The van der Waals surface area contributed by atoms with Crippen LogP contribution in [-0.2, 0) is 34.0 Å². The Kier molecular flexibility index (Phi) is 6.74. The van der Waals surface area contributed by atoms with Crippen molar-refractivity contribution < 1.29 is 22.6 Å². The second kappa shape index (κ2) is 9.50. The van der Waals surface area contributed by atoms with Crippen LogP contribution in [0, 0.1) is 0 Å². The molecule has 0 radical (unpaired) electrons. The highest BCUT2D eigenvalue weighted by Gasteiger charge is 2.31.